The Morgan fingerprint density at radius 1 is 1.18 bits per heavy atom. The minimum atomic E-state index is 0.0486. The number of nitrogens with one attached hydrogen (secondary N) is 2. The van der Waals surface area contributed by atoms with Crippen LogP contribution >= 0.6 is 0 Å². The van der Waals surface area contributed by atoms with Crippen LogP contribution < -0.4 is 15.5 Å². The Morgan fingerprint density at radius 2 is 1.89 bits per heavy atom. The summed E-state index contributed by atoms with van der Waals surface area (Å²) >= 11 is 0. The molecule has 0 amide bonds. The van der Waals surface area contributed by atoms with E-state index in [9.17, 15) is 0 Å². The fourth-order valence-corrected chi connectivity index (χ4v) is 3.34. The van der Waals surface area contributed by atoms with E-state index in [0.717, 1.165) is 69.8 Å². The first-order valence-electron chi connectivity index (χ1n) is 10.5. The van der Waals surface area contributed by atoms with Gasteiger partial charge in [0.1, 0.15) is 5.82 Å². The zero-order chi connectivity index (χ0) is 20.4. The van der Waals surface area contributed by atoms with Crippen molar-refractivity contribution in [3.05, 3.63) is 23.9 Å². The second-order valence-electron chi connectivity index (χ2n) is 7.66. The molecule has 0 bridgehead atoms. The molecule has 2 rings (SSSR count). The smallest absolute Gasteiger partial charge is 0.191 e. The van der Waals surface area contributed by atoms with Gasteiger partial charge < -0.3 is 20.3 Å². The predicted molar refractivity (Wildman–Crippen MR) is 117 cm³/mol. The van der Waals surface area contributed by atoms with E-state index in [0.29, 0.717) is 6.54 Å². The standard InChI is InChI=1S/C21H38N6O/c1-6-22-20(25-17-21(4,5)27-11-13-28-14-12-27)24-16-18-9-10-19(23-15-18)26(7-2)8-3/h9-10,15H,6-8,11-14,16-17H2,1-5H3,(H2,22,24,25). The van der Waals surface area contributed by atoms with Gasteiger partial charge in [0.15, 0.2) is 5.96 Å². The third-order valence-corrected chi connectivity index (χ3v) is 5.22. The minimum Gasteiger partial charge on any atom is -0.379 e. The number of aliphatic imine (C=N–C) groups is 1. The van der Waals surface area contributed by atoms with E-state index in [2.05, 4.69) is 72.2 Å². The maximum Gasteiger partial charge on any atom is 0.191 e. The molecule has 1 aliphatic rings. The summed E-state index contributed by atoms with van der Waals surface area (Å²) in [4.78, 5) is 14.1. The molecule has 7 nitrogen and oxygen atoms in total. The maximum absolute atomic E-state index is 5.48. The topological polar surface area (TPSA) is 65.0 Å². The lowest BCUT2D eigenvalue weighted by molar-refractivity contribution is -0.00834. The van der Waals surface area contributed by atoms with Crippen molar-refractivity contribution in [3.8, 4) is 0 Å². The summed E-state index contributed by atoms with van der Waals surface area (Å²) in [5, 5.41) is 6.85. The molecule has 0 radical (unpaired) electrons. The molecule has 158 valence electrons. The fraction of sp³-hybridized carbons (Fsp3) is 0.714. The first kappa shape index (κ1) is 22.4. The van der Waals surface area contributed by atoms with Gasteiger partial charge in [0.05, 0.1) is 19.8 Å². The summed E-state index contributed by atoms with van der Waals surface area (Å²) in [5.41, 5.74) is 1.16. The molecule has 0 spiro atoms. The number of nitrogens with zero attached hydrogens (tertiary/aromatic N) is 4. The number of ether oxygens (including phenoxy) is 1. The second-order valence-corrected chi connectivity index (χ2v) is 7.66. The number of pyridine rings is 1. The van der Waals surface area contributed by atoms with Gasteiger partial charge in [-0.15, -0.1) is 0 Å². The Bertz CT molecular complexity index is 591. The molecule has 1 fully saturated rings. The van der Waals surface area contributed by atoms with Crippen LogP contribution in [0.4, 0.5) is 5.82 Å². The van der Waals surface area contributed by atoms with Crippen LogP contribution in [0.2, 0.25) is 0 Å². The van der Waals surface area contributed by atoms with Gasteiger partial charge in [0.2, 0.25) is 0 Å². The van der Waals surface area contributed by atoms with Gasteiger partial charge in [0, 0.05) is 51.0 Å². The van der Waals surface area contributed by atoms with Crippen LogP contribution in [0.5, 0.6) is 0 Å². The van der Waals surface area contributed by atoms with Crippen LogP contribution in [-0.4, -0.2) is 73.9 Å². The highest BCUT2D eigenvalue weighted by Crippen LogP contribution is 2.15. The van der Waals surface area contributed by atoms with Gasteiger partial charge in [-0.1, -0.05) is 6.07 Å². The lowest BCUT2D eigenvalue weighted by Crippen LogP contribution is -2.56. The largest absolute Gasteiger partial charge is 0.379 e. The van der Waals surface area contributed by atoms with E-state index in [1.807, 2.05) is 6.20 Å². The number of aromatic nitrogens is 1. The Morgan fingerprint density at radius 3 is 2.46 bits per heavy atom. The summed E-state index contributed by atoms with van der Waals surface area (Å²) < 4.78 is 5.48. The third-order valence-electron chi connectivity index (χ3n) is 5.22. The molecule has 28 heavy (non-hydrogen) atoms. The highest BCUT2D eigenvalue weighted by atomic mass is 16.5. The van der Waals surface area contributed by atoms with E-state index in [4.69, 9.17) is 9.73 Å². The highest BCUT2D eigenvalue weighted by molar-refractivity contribution is 5.79. The molecule has 1 saturated heterocycles. The molecule has 0 saturated carbocycles. The molecule has 0 aromatic carbocycles. The first-order chi connectivity index (χ1) is 13.5. The predicted octanol–water partition coefficient (Wildman–Crippen LogP) is 2.09. The third kappa shape index (κ3) is 6.63. The zero-order valence-electron chi connectivity index (χ0n) is 18.3. The van der Waals surface area contributed by atoms with Crippen LogP contribution in [0.3, 0.4) is 0 Å². The van der Waals surface area contributed by atoms with Gasteiger partial charge in [-0.2, -0.15) is 0 Å². The number of hydrogen-bond donors (Lipinski definition) is 2. The molecular formula is C21H38N6O. The summed E-state index contributed by atoms with van der Waals surface area (Å²) in [6.45, 7) is 18.7. The molecule has 7 heteroatoms. The van der Waals surface area contributed by atoms with E-state index >= 15 is 0 Å². The summed E-state index contributed by atoms with van der Waals surface area (Å²) in [6, 6.07) is 4.20. The Kier molecular flexibility index (Phi) is 8.99. The van der Waals surface area contributed by atoms with Gasteiger partial charge in [-0.3, -0.25) is 4.90 Å². The van der Waals surface area contributed by atoms with Gasteiger partial charge in [-0.25, -0.2) is 9.98 Å². The number of guanidine groups is 1. The second kappa shape index (κ2) is 11.2. The molecule has 1 aromatic heterocycles. The average Bonchev–Trinajstić information content (AvgIpc) is 2.72. The zero-order valence-corrected chi connectivity index (χ0v) is 18.3. The van der Waals surface area contributed by atoms with E-state index in [1.54, 1.807) is 0 Å². The quantitative estimate of drug-likeness (QED) is 0.497. The SMILES string of the molecule is CCNC(=NCc1ccc(N(CC)CC)nc1)NCC(C)(C)N1CCOCC1. The van der Waals surface area contributed by atoms with Crippen molar-refractivity contribution in [2.24, 2.45) is 4.99 Å². The monoisotopic (exact) mass is 390 g/mol. The van der Waals surface area contributed by atoms with Crippen LogP contribution in [0.15, 0.2) is 23.3 Å². The normalized spacial score (nSPS) is 16.1. The molecule has 2 N–H and O–H groups in total. The summed E-state index contributed by atoms with van der Waals surface area (Å²) in [7, 11) is 0. The minimum absolute atomic E-state index is 0.0486. The van der Waals surface area contributed by atoms with Crippen molar-refractivity contribution in [1.29, 1.82) is 0 Å². The number of morpholine rings is 1. The average molecular weight is 391 g/mol. The van der Waals surface area contributed by atoms with Crippen molar-refractivity contribution in [1.82, 2.24) is 20.5 Å². The molecule has 0 unspecified atom stereocenters. The van der Waals surface area contributed by atoms with Gasteiger partial charge in [0.25, 0.3) is 0 Å². The summed E-state index contributed by atoms with van der Waals surface area (Å²) in [5.74, 6) is 1.87. The molecular weight excluding hydrogens is 352 g/mol. The lowest BCUT2D eigenvalue weighted by atomic mass is 10.0. The van der Waals surface area contributed by atoms with Crippen LogP contribution in [-0.2, 0) is 11.3 Å². The molecule has 1 aromatic rings. The Balaban J connectivity index is 1.94. The number of anilines is 1. The van der Waals surface area contributed by atoms with Crippen molar-refractivity contribution in [2.45, 2.75) is 46.7 Å². The maximum atomic E-state index is 5.48. The van der Waals surface area contributed by atoms with Gasteiger partial charge >= 0.3 is 0 Å². The van der Waals surface area contributed by atoms with Crippen molar-refractivity contribution in [2.75, 3.05) is 57.4 Å². The molecule has 0 atom stereocenters. The highest BCUT2D eigenvalue weighted by Gasteiger charge is 2.28. The van der Waals surface area contributed by atoms with Crippen molar-refractivity contribution < 1.29 is 4.74 Å². The first-order valence-corrected chi connectivity index (χ1v) is 10.5. The number of rotatable bonds is 9. The molecule has 2 heterocycles. The van der Waals surface area contributed by atoms with Crippen LogP contribution in [0, 0.1) is 0 Å². The van der Waals surface area contributed by atoms with Crippen molar-refractivity contribution in [3.63, 3.8) is 0 Å². The number of hydrogen-bond acceptors (Lipinski definition) is 5. The summed E-state index contributed by atoms with van der Waals surface area (Å²) in [6.07, 6.45) is 1.93. The Labute approximate surface area is 170 Å². The molecule has 1 aliphatic heterocycles. The van der Waals surface area contributed by atoms with E-state index < -0.39 is 0 Å². The Hall–Kier alpha value is -1.86. The fourth-order valence-electron chi connectivity index (χ4n) is 3.34. The molecule has 0 aliphatic carbocycles. The van der Waals surface area contributed by atoms with E-state index in [-0.39, 0.29) is 5.54 Å². The van der Waals surface area contributed by atoms with Gasteiger partial charge in [-0.05, 0) is 46.2 Å². The van der Waals surface area contributed by atoms with E-state index in [1.165, 1.54) is 0 Å². The van der Waals surface area contributed by atoms with Crippen molar-refractivity contribution >= 4 is 11.8 Å². The van der Waals surface area contributed by atoms with Crippen LogP contribution in [0.1, 0.15) is 40.2 Å². The lowest BCUT2D eigenvalue weighted by Gasteiger charge is -2.41. The van der Waals surface area contributed by atoms with Crippen LogP contribution in [0.25, 0.3) is 0 Å².